The number of carbonyl (C=O) groups excluding carboxylic acids is 1. The smallest absolute Gasteiger partial charge is 0.237 e. The van der Waals surface area contributed by atoms with Gasteiger partial charge in [-0.1, -0.05) is 13.8 Å². The maximum absolute atomic E-state index is 11.6. The zero-order valence-electron chi connectivity index (χ0n) is 10.6. The molecule has 5 nitrogen and oxygen atoms in total. The molecule has 1 rings (SSSR count). The number of carbonyl (C=O) groups is 1. The lowest BCUT2D eigenvalue weighted by Crippen LogP contribution is -2.48. The molecule has 1 heterocycles. The predicted molar refractivity (Wildman–Crippen MR) is 64.3 cm³/mol. The fraction of sp³-hybridized carbons (Fsp3) is 0.833. The van der Waals surface area contributed by atoms with E-state index in [1.807, 2.05) is 13.0 Å². The van der Waals surface area contributed by atoms with E-state index in [0.29, 0.717) is 19.6 Å². The fourth-order valence-corrected chi connectivity index (χ4v) is 1.86. The highest BCUT2D eigenvalue weighted by molar-refractivity contribution is 5.80. The molecule has 5 heteroatoms. The minimum atomic E-state index is -0.541. The Morgan fingerprint density at radius 1 is 1.65 bits per heavy atom. The topological polar surface area (TPSA) is 65.4 Å². The normalized spacial score (nSPS) is 22.8. The zero-order valence-corrected chi connectivity index (χ0v) is 10.6. The number of ether oxygens (including phenoxy) is 1. The number of hydrogen-bond donors (Lipinski definition) is 1. The quantitative estimate of drug-likeness (QED) is 0.753. The van der Waals surface area contributed by atoms with Crippen LogP contribution < -0.4 is 5.32 Å². The number of nitrogens with zero attached hydrogens (tertiary/aromatic N) is 2. The average molecular weight is 239 g/mol. The minimum absolute atomic E-state index is 0.0452. The van der Waals surface area contributed by atoms with Crippen molar-refractivity contribution in [1.29, 1.82) is 5.26 Å². The molecule has 96 valence electrons. The van der Waals surface area contributed by atoms with E-state index in [2.05, 4.69) is 17.1 Å². The van der Waals surface area contributed by atoms with Crippen molar-refractivity contribution in [3.05, 3.63) is 0 Å². The maximum atomic E-state index is 11.6. The second-order valence-corrected chi connectivity index (χ2v) is 4.22. The highest BCUT2D eigenvalue weighted by Crippen LogP contribution is 2.05. The molecule has 1 fully saturated rings. The molecule has 0 aromatic carbocycles. The van der Waals surface area contributed by atoms with Crippen LogP contribution in [0.3, 0.4) is 0 Å². The summed E-state index contributed by atoms with van der Waals surface area (Å²) in [5, 5.41) is 11.5. The number of hydrogen-bond acceptors (Lipinski definition) is 4. The third-order valence-corrected chi connectivity index (χ3v) is 3.05. The van der Waals surface area contributed by atoms with Gasteiger partial charge >= 0.3 is 0 Å². The first kappa shape index (κ1) is 13.9. The molecule has 0 aliphatic carbocycles. The van der Waals surface area contributed by atoms with Crippen LogP contribution >= 0.6 is 0 Å². The van der Waals surface area contributed by atoms with E-state index in [1.54, 1.807) is 0 Å². The Hall–Kier alpha value is -1.12. The van der Waals surface area contributed by atoms with Gasteiger partial charge in [0.25, 0.3) is 0 Å². The van der Waals surface area contributed by atoms with E-state index < -0.39 is 5.92 Å². The van der Waals surface area contributed by atoms with Crippen LogP contribution in [0.1, 0.15) is 20.3 Å². The van der Waals surface area contributed by atoms with E-state index >= 15 is 0 Å². The van der Waals surface area contributed by atoms with Crippen molar-refractivity contribution in [2.24, 2.45) is 5.92 Å². The van der Waals surface area contributed by atoms with Gasteiger partial charge in [-0.2, -0.15) is 5.26 Å². The Bertz CT molecular complexity index is 288. The summed E-state index contributed by atoms with van der Waals surface area (Å²) in [6.45, 7) is 7.96. The van der Waals surface area contributed by atoms with Crippen molar-refractivity contribution < 1.29 is 9.53 Å². The van der Waals surface area contributed by atoms with E-state index in [-0.39, 0.29) is 12.0 Å². The Morgan fingerprint density at radius 3 is 3.00 bits per heavy atom. The van der Waals surface area contributed by atoms with Gasteiger partial charge in [0.15, 0.2) is 0 Å². The van der Waals surface area contributed by atoms with Crippen LogP contribution in [0.15, 0.2) is 0 Å². The average Bonchev–Trinajstić information content (AvgIpc) is 2.38. The van der Waals surface area contributed by atoms with Crippen LogP contribution in [-0.2, 0) is 9.53 Å². The van der Waals surface area contributed by atoms with Gasteiger partial charge in [-0.05, 0) is 13.0 Å². The van der Waals surface area contributed by atoms with Gasteiger partial charge in [-0.25, -0.2) is 0 Å². The molecule has 0 saturated carbocycles. The van der Waals surface area contributed by atoms with Crippen LogP contribution in [0.25, 0.3) is 0 Å². The first-order valence-electron chi connectivity index (χ1n) is 6.22. The number of nitriles is 1. The van der Waals surface area contributed by atoms with Crippen molar-refractivity contribution >= 4 is 5.91 Å². The lowest BCUT2D eigenvalue weighted by Gasteiger charge is -2.32. The summed E-state index contributed by atoms with van der Waals surface area (Å²) < 4.78 is 5.57. The van der Waals surface area contributed by atoms with Gasteiger partial charge < -0.3 is 10.1 Å². The Labute approximate surface area is 103 Å². The number of amides is 1. The largest absolute Gasteiger partial charge is 0.374 e. The fourth-order valence-electron chi connectivity index (χ4n) is 1.86. The third kappa shape index (κ3) is 4.33. The highest BCUT2D eigenvalue weighted by Gasteiger charge is 2.21. The predicted octanol–water partition coefficient (Wildman–Crippen LogP) is 0.373. The lowest BCUT2D eigenvalue weighted by atomic mass is 10.1. The molecule has 17 heavy (non-hydrogen) atoms. The monoisotopic (exact) mass is 239 g/mol. The van der Waals surface area contributed by atoms with E-state index in [4.69, 9.17) is 10.00 Å². The highest BCUT2D eigenvalue weighted by atomic mass is 16.5. The second kappa shape index (κ2) is 7.25. The number of likely N-dealkylation sites (N-methyl/N-ethyl adjacent to an activating group) is 1. The van der Waals surface area contributed by atoms with Crippen molar-refractivity contribution in [3.63, 3.8) is 0 Å². The van der Waals surface area contributed by atoms with Crippen LogP contribution in [-0.4, -0.2) is 49.7 Å². The van der Waals surface area contributed by atoms with Crippen LogP contribution in [0, 0.1) is 17.2 Å². The van der Waals surface area contributed by atoms with Crippen molar-refractivity contribution in [2.45, 2.75) is 26.4 Å². The van der Waals surface area contributed by atoms with E-state index in [1.165, 1.54) is 0 Å². The van der Waals surface area contributed by atoms with Crippen molar-refractivity contribution in [1.82, 2.24) is 10.2 Å². The summed E-state index contributed by atoms with van der Waals surface area (Å²) in [5.74, 6) is -0.729. The zero-order chi connectivity index (χ0) is 12.7. The Morgan fingerprint density at radius 2 is 2.41 bits per heavy atom. The van der Waals surface area contributed by atoms with Gasteiger partial charge in [0.2, 0.25) is 5.91 Å². The number of nitrogens with one attached hydrogen (secondary N) is 1. The summed E-state index contributed by atoms with van der Waals surface area (Å²) in [4.78, 5) is 13.9. The van der Waals surface area contributed by atoms with Crippen LogP contribution in [0.2, 0.25) is 0 Å². The Kier molecular flexibility index (Phi) is 5.95. The molecule has 1 N–H and O–H groups in total. The minimum Gasteiger partial charge on any atom is -0.374 e. The summed E-state index contributed by atoms with van der Waals surface area (Å²) in [6.07, 6.45) is 0.596. The molecule has 0 radical (unpaired) electrons. The molecule has 1 saturated heterocycles. The molecule has 1 aliphatic heterocycles. The molecular weight excluding hydrogens is 218 g/mol. The molecular formula is C12H21N3O2. The number of morpholine rings is 1. The third-order valence-electron chi connectivity index (χ3n) is 3.05. The van der Waals surface area contributed by atoms with Gasteiger partial charge in [0.05, 0.1) is 18.8 Å². The summed E-state index contributed by atoms with van der Waals surface area (Å²) in [5.41, 5.74) is 0. The van der Waals surface area contributed by atoms with Gasteiger partial charge in [0.1, 0.15) is 5.92 Å². The summed E-state index contributed by atoms with van der Waals surface area (Å²) in [6, 6.07) is 2.00. The van der Waals surface area contributed by atoms with Crippen LogP contribution in [0.5, 0.6) is 0 Å². The van der Waals surface area contributed by atoms with Gasteiger partial charge in [-0.3, -0.25) is 9.69 Å². The summed E-state index contributed by atoms with van der Waals surface area (Å²) >= 11 is 0. The molecule has 0 aromatic heterocycles. The van der Waals surface area contributed by atoms with Gasteiger partial charge in [-0.15, -0.1) is 0 Å². The van der Waals surface area contributed by atoms with E-state index in [9.17, 15) is 4.79 Å². The molecule has 0 aromatic rings. The Balaban J connectivity index is 2.30. The first-order valence-corrected chi connectivity index (χ1v) is 6.22. The van der Waals surface area contributed by atoms with Crippen LogP contribution in [0.4, 0.5) is 0 Å². The molecule has 1 aliphatic rings. The first-order chi connectivity index (χ1) is 8.21. The molecule has 0 bridgehead atoms. The molecule has 0 spiro atoms. The maximum Gasteiger partial charge on any atom is 0.237 e. The second-order valence-electron chi connectivity index (χ2n) is 4.22. The standard InChI is InChI=1S/C12H21N3O2/c1-3-10(7-13)12(16)14-8-11-9-15(4-2)5-6-17-11/h10-11H,3-6,8-9H2,1-2H3,(H,14,16). The van der Waals surface area contributed by atoms with Crippen molar-refractivity contribution in [2.75, 3.05) is 32.8 Å². The van der Waals surface area contributed by atoms with Gasteiger partial charge in [0, 0.05) is 19.6 Å². The summed E-state index contributed by atoms with van der Waals surface area (Å²) in [7, 11) is 0. The molecule has 2 atom stereocenters. The number of rotatable bonds is 5. The SMILES string of the molecule is CCC(C#N)C(=O)NCC1CN(CC)CCO1. The molecule has 1 amide bonds. The lowest BCUT2D eigenvalue weighted by molar-refractivity contribution is -0.124. The molecule has 2 unspecified atom stereocenters. The van der Waals surface area contributed by atoms with E-state index in [0.717, 1.165) is 19.6 Å². The van der Waals surface area contributed by atoms with Crippen molar-refractivity contribution in [3.8, 4) is 6.07 Å².